The minimum Gasteiger partial charge on any atom is -0.495 e. The van der Waals surface area contributed by atoms with Crippen molar-refractivity contribution in [1.29, 1.82) is 0 Å². The zero-order valence-electron chi connectivity index (χ0n) is 11.6. The zero-order valence-corrected chi connectivity index (χ0v) is 12.4. The molecule has 1 aromatic carbocycles. The maximum atomic E-state index is 6.10. The zero-order chi connectivity index (χ0) is 13.5. The molecule has 0 saturated carbocycles. The number of methoxy groups -OCH3 is 1. The van der Waals surface area contributed by atoms with Crippen LogP contribution >= 0.6 is 11.6 Å². The van der Waals surface area contributed by atoms with Gasteiger partial charge in [-0.2, -0.15) is 0 Å². The smallest absolute Gasteiger partial charge is 0.137 e. The number of rotatable bonds is 6. The molecule has 0 aliphatic carbocycles. The number of hydrogen-bond acceptors (Lipinski definition) is 3. The van der Waals surface area contributed by atoms with Gasteiger partial charge in [-0.05, 0) is 43.6 Å². The van der Waals surface area contributed by atoms with Gasteiger partial charge >= 0.3 is 0 Å². The number of nitrogens with one attached hydrogen (secondary N) is 1. The Kier molecular flexibility index (Phi) is 5.95. The lowest BCUT2D eigenvalue weighted by Crippen LogP contribution is -2.35. The third-order valence-electron chi connectivity index (χ3n) is 3.60. The quantitative estimate of drug-likeness (QED) is 0.812. The van der Waals surface area contributed by atoms with Crippen molar-refractivity contribution in [2.45, 2.75) is 25.8 Å². The fourth-order valence-corrected chi connectivity index (χ4v) is 2.75. The summed E-state index contributed by atoms with van der Waals surface area (Å²) >= 11 is 6.10. The van der Waals surface area contributed by atoms with Gasteiger partial charge in [-0.1, -0.05) is 24.1 Å². The molecule has 106 valence electrons. The monoisotopic (exact) mass is 282 g/mol. The molecule has 0 bridgehead atoms. The van der Waals surface area contributed by atoms with Gasteiger partial charge in [-0.15, -0.1) is 0 Å². The molecule has 0 spiro atoms. The predicted molar refractivity (Wildman–Crippen MR) is 80.0 cm³/mol. The average Bonchev–Trinajstić information content (AvgIpc) is 2.45. The number of ether oxygens (including phenoxy) is 1. The average molecular weight is 283 g/mol. The second-order valence-corrected chi connectivity index (χ2v) is 5.46. The largest absolute Gasteiger partial charge is 0.495 e. The Morgan fingerprint density at radius 3 is 2.74 bits per heavy atom. The maximum absolute atomic E-state index is 6.10. The fourth-order valence-electron chi connectivity index (χ4n) is 2.47. The number of halogens is 1. The van der Waals surface area contributed by atoms with Crippen molar-refractivity contribution in [2.24, 2.45) is 0 Å². The number of benzene rings is 1. The topological polar surface area (TPSA) is 24.5 Å². The summed E-state index contributed by atoms with van der Waals surface area (Å²) < 4.78 is 5.15. The van der Waals surface area contributed by atoms with E-state index in [9.17, 15) is 0 Å². The van der Waals surface area contributed by atoms with Gasteiger partial charge in [0.1, 0.15) is 5.75 Å². The van der Waals surface area contributed by atoms with Crippen LogP contribution in [0.4, 0.5) is 0 Å². The SMILES string of the molecule is COc1ccc(CNCCN2CCCCC2)cc1Cl. The Bertz CT molecular complexity index is 392. The highest BCUT2D eigenvalue weighted by molar-refractivity contribution is 6.32. The third kappa shape index (κ3) is 4.68. The van der Waals surface area contributed by atoms with E-state index in [4.69, 9.17) is 16.3 Å². The van der Waals surface area contributed by atoms with Crippen LogP contribution in [-0.2, 0) is 6.54 Å². The van der Waals surface area contributed by atoms with Crippen LogP contribution in [0.1, 0.15) is 24.8 Å². The molecule has 1 aromatic rings. The summed E-state index contributed by atoms with van der Waals surface area (Å²) in [7, 11) is 1.64. The molecule has 3 nitrogen and oxygen atoms in total. The lowest BCUT2D eigenvalue weighted by Gasteiger charge is -2.26. The molecule has 1 fully saturated rings. The lowest BCUT2D eigenvalue weighted by molar-refractivity contribution is 0.229. The Labute approximate surface area is 120 Å². The molecule has 19 heavy (non-hydrogen) atoms. The molecule has 0 radical (unpaired) electrons. The number of hydrogen-bond donors (Lipinski definition) is 1. The van der Waals surface area contributed by atoms with E-state index in [1.807, 2.05) is 12.1 Å². The highest BCUT2D eigenvalue weighted by Gasteiger charge is 2.08. The van der Waals surface area contributed by atoms with Crippen molar-refractivity contribution in [1.82, 2.24) is 10.2 Å². The Morgan fingerprint density at radius 1 is 1.26 bits per heavy atom. The number of piperidine rings is 1. The van der Waals surface area contributed by atoms with Crippen LogP contribution in [0, 0.1) is 0 Å². The molecule has 1 heterocycles. The summed E-state index contributed by atoms with van der Waals surface area (Å²) in [5, 5.41) is 4.15. The molecule has 1 aliphatic rings. The summed E-state index contributed by atoms with van der Waals surface area (Å²) in [4.78, 5) is 2.54. The number of nitrogens with zero attached hydrogens (tertiary/aromatic N) is 1. The minimum atomic E-state index is 0.679. The van der Waals surface area contributed by atoms with E-state index in [2.05, 4.69) is 16.3 Å². The molecule has 0 amide bonds. The van der Waals surface area contributed by atoms with Gasteiger partial charge in [-0.3, -0.25) is 0 Å². The Balaban J connectivity index is 1.69. The van der Waals surface area contributed by atoms with E-state index in [-0.39, 0.29) is 0 Å². The summed E-state index contributed by atoms with van der Waals surface area (Å²) in [6, 6.07) is 5.94. The third-order valence-corrected chi connectivity index (χ3v) is 3.89. The Morgan fingerprint density at radius 2 is 2.05 bits per heavy atom. The molecule has 1 saturated heterocycles. The molecule has 4 heteroatoms. The van der Waals surface area contributed by atoms with Crippen LogP contribution in [0.3, 0.4) is 0 Å². The van der Waals surface area contributed by atoms with Crippen LogP contribution in [0.25, 0.3) is 0 Å². The molecule has 1 N–H and O–H groups in total. The highest BCUT2D eigenvalue weighted by atomic mass is 35.5. The van der Waals surface area contributed by atoms with E-state index in [1.54, 1.807) is 7.11 Å². The van der Waals surface area contributed by atoms with Crippen LogP contribution < -0.4 is 10.1 Å². The highest BCUT2D eigenvalue weighted by Crippen LogP contribution is 2.24. The van der Waals surface area contributed by atoms with E-state index in [0.717, 1.165) is 25.4 Å². The normalized spacial score (nSPS) is 16.5. The summed E-state index contributed by atoms with van der Waals surface area (Å²) in [6.07, 6.45) is 4.11. The lowest BCUT2D eigenvalue weighted by atomic mass is 10.1. The van der Waals surface area contributed by atoms with Gasteiger partial charge in [0, 0.05) is 19.6 Å². The second-order valence-electron chi connectivity index (χ2n) is 5.05. The minimum absolute atomic E-state index is 0.679. The first-order valence-corrected chi connectivity index (χ1v) is 7.43. The van der Waals surface area contributed by atoms with E-state index >= 15 is 0 Å². The molecular weight excluding hydrogens is 260 g/mol. The van der Waals surface area contributed by atoms with Gasteiger partial charge in [0.2, 0.25) is 0 Å². The molecular formula is C15H23ClN2O. The van der Waals surface area contributed by atoms with Crippen LogP contribution in [0.5, 0.6) is 5.75 Å². The van der Waals surface area contributed by atoms with Gasteiger partial charge < -0.3 is 15.0 Å². The molecule has 0 aromatic heterocycles. The van der Waals surface area contributed by atoms with Gasteiger partial charge in [0.25, 0.3) is 0 Å². The van der Waals surface area contributed by atoms with E-state index < -0.39 is 0 Å². The molecule has 0 atom stereocenters. The molecule has 0 unspecified atom stereocenters. The van der Waals surface area contributed by atoms with Crippen molar-refractivity contribution < 1.29 is 4.74 Å². The van der Waals surface area contributed by atoms with E-state index in [1.165, 1.54) is 37.9 Å². The van der Waals surface area contributed by atoms with Crippen LogP contribution in [0.15, 0.2) is 18.2 Å². The molecule has 1 aliphatic heterocycles. The van der Waals surface area contributed by atoms with Crippen molar-refractivity contribution in [3.63, 3.8) is 0 Å². The van der Waals surface area contributed by atoms with Crippen molar-refractivity contribution in [3.8, 4) is 5.75 Å². The van der Waals surface area contributed by atoms with Crippen LogP contribution in [-0.4, -0.2) is 38.2 Å². The standard InChI is InChI=1S/C15H23ClN2O/c1-19-15-6-5-13(11-14(15)16)12-17-7-10-18-8-3-2-4-9-18/h5-6,11,17H,2-4,7-10,12H2,1H3. The number of likely N-dealkylation sites (tertiary alicyclic amines) is 1. The summed E-state index contributed by atoms with van der Waals surface area (Å²) in [5.41, 5.74) is 1.20. The van der Waals surface area contributed by atoms with Gasteiger partial charge in [0.15, 0.2) is 0 Å². The second kappa shape index (κ2) is 7.73. The first-order chi connectivity index (χ1) is 9.29. The first kappa shape index (κ1) is 14.6. The van der Waals surface area contributed by atoms with Gasteiger partial charge in [-0.25, -0.2) is 0 Å². The van der Waals surface area contributed by atoms with Crippen molar-refractivity contribution >= 4 is 11.6 Å². The first-order valence-electron chi connectivity index (χ1n) is 7.05. The maximum Gasteiger partial charge on any atom is 0.137 e. The van der Waals surface area contributed by atoms with Crippen molar-refractivity contribution in [3.05, 3.63) is 28.8 Å². The van der Waals surface area contributed by atoms with Crippen molar-refractivity contribution in [2.75, 3.05) is 33.3 Å². The summed E-state index contributed by atoms with van der Waals surface area (Å²) in [5.74, 6) is 0.735. The summed E-state index contributed by atoms with van der Waals surface area (Å²) in [6.45, 7) is 5.55. The Hall–Kier alpha value is -0.770. The molecule has 2 rings (SSSR count). The van der Waals surface area contributed by atoms with E-state index in [0.29, 0.717) is 5.02 Å². The predicted octanol–water partition coefficient (Wildman–Crippen LogP) is 2.92. The van der Waals surface area contributed by atoms with Crippen LogP contribution in [0.2, 0.25) is 5.02 Å². The fraction of sp³-hybridized carbons (Fsp3) is 0.600. The van der Waals surface area contributed by atoms with Gasteiger partial charge in [0.05, 0.1) is 12.1 Å².